The fraction of sp³-hybridized carbons (Fsp3) is 0.235. The molecule has 0 radical (unpaired) electrons. The van der Waals surface area contributed by atoms with Gasteiger partial charge in [0, 0.05) is 29.4 Å². The molecule has 2 aromatic heterocycles. The second-order valence-electron chi connectivity index (χ2n) is 5.30. The number of methoxy groups -OCH3 is 1. The normalized spacial score (nSPS) is 11.1. The monoisotopic (exact) mass is 348 g/mol. The summed E-state index contributed by atoms with van der Waals surface area (Å²) in [5.74, 6) is -0.0527. The van der Waals surface area contributed by atoms with Gasteiger partial charge in [-0.05, 0) is 36.2 Å². The van der Waals surface area contributed by atoms with Crippen molar-refractivity contribution in [3.05, 3.63) is 57.5 Å². The van der Waals surface area contributed by atoms with Crippen molar-refractivity contribution < 1.29 is 9.13 Å². The second-order valence-corrected chi connectivity index (χ2v) is 6.94. The van der Waals surface area contributed by atoms with E-state index in [4.69, 9.17) is 4.74 Å². The minimum absolute atomic E-state index is 0.274. The van der Waals surface area contributed by atoms with Gasteiger partial charge in [-0.3, -0.25) is 4.90 Å². The summed E-state index contributed by atoms with van der Waals surface area (Å²) in [6.07, 6.45) is 0. The number of thiophene rings is 1. The SMILES string of the molecule is COc1ccc(CN(C)Cc2csc(-c3ccsc3)n2)cc1F. The predicted octanol–water partition coefficient (Wildman–Crippen LogP) is 4.65. The van der Waals surface area contributed by atoms with E-state index in [1.807, 2.05) is 13.1 Å². The number of hydrogen-bond acceptors (Lipinski definition) is 5. The minimum Gasteiger partial charge on any atom is -0.494 e. The van der Waals surface area contributed by atoms with E-state index in [-0.39, 0.29) is 11.6 Å². The first-order chi connectivity index (χ1) is 11.2. The zero-order chi connectivity index (χ0) is 16.2. The molecule has 0 aliphatic rings. The summed E-state index contributed by atoms with van der Waals surface area (Å²) in [5, 5.41) is 7.29. The molecule has 0 saturated carbocycles. The first-order valence-corrected chi connectivity index (χ1v) is 8.96. The number of benzene rings is 1. The molecule has 3 rings (SSSR count). The summed E-state index contributed by atoms with van der Waals surface area (Å²) in [6.45, 7) is 1.39. The van der Waals surface area contributed by atoms with Crippen LogP contribution in [0.5, 0.6) is 5.75 Å². The van der Waals surface area contributed by atoms with Crippen molar-refractivity contribution in [3.8, 4) is 16.3 Å². The van der Waals surface area contributed by atoms with Crippen LogP contribution in [-0.2, 0) is 13.1 Å². The van der Waals surface area contributed by atoms with Crippen molar-refractivity contribution >= 4 is 22.7 Å². The molecule has 0 bridgehead atoms. The highest BCUT2D eigenvalue weighted by molar-refractivity contribution is 7.14. The van der Waals surface area contributed by atoms with E-state index in [9.17, 15) is 4.39 Å². The quantitative estimate of drug-likeness (QED) is 0.648. The lowest BCUT2D eigenvalue weighted by Gasteiger charge is -2.15. The highest BCUT2D eigenvalue weighted by Crippen LogP contribution is 2.26. The van der Waals surface area contributed by atoms with Crippen molar-refractivity contribution in [2.24, 2.45) is 0 Å². The van der Waals surface area contributed by atoms with Crippen LogP contribution in [0.15, 0.2) is 40.4 Å². The number of thiazole rings is 1. The third kappa shape index (κ3) is 3.96. The number of rotatable bonds is 6. The average Bonchev–Trinajstić information content (AvgIpc) is 3.18. The lowest BCUT2D eigenvalue weighted by atomic mass is 10.2. The van der Waals surface area contributed by atoms with Gasteiger partial charge >= 0.3 is 0 Å². The van der Waals surface area contributed by atoms with Crippen LogP contribution in [0, 0.1) is 5.82 Å². The Morgan fingerprint density at radius 3 is 2.78 bits per heavy atom. The molecule has 0 fully saturated rings. The Morgan fingerprint density at radius 1 is 1.22 bits per heavy atom. The molecule has 0 atom stereocenters. The lowest BCUT2D eigenvalue weighted by molar-refractivity contribution is 0.314. The number of halogens is 1. The molecule has 2 heterocycles. The maximum absolute atomic E-state index is 13.7. The van der Waals surface area contributed by atoms with Gasteiger partial charge in [0.25, 0.3) is 0 Å². The highest BCUT2D eigenvalue weighted by Gasteiger charge is 2.09. The van der Waals surface area contributed by atoms with Crippen LogP contribution in [-0.4, -0.2) is 24.0 Å². The maximum Gasteiger partial charge on any atom is 0.165 e. The molecule has 0 unspecified atom stereocenters. The lowest BCUT2D eigenvalue weighted by Crippen LogP contribution is -2.17. The molecule has 23 heavy (non-hydrogen) atoms. The molecule has 1 aromatic carbocycles. The Morgan fingerprint density at radius 2 is 2.09 bits per heavy atom. The molecule has 0 aliphatic heterocycles. The van der Waals surface area contributed by atoms with E-state index in [0.717, 1.165) is 22.8 Å². The van der Waals surface area contributed by atoms with Crippen molar-refractivity contribution in [1.29, 1.82) is 0 Å². The largest absolute Gasteiger partial charge is 0.494 e. The number of aromatic nitrogens is 1. The van der Waals surface area contributed by atoms with Crippen LogP contribution >= 0.6 is 22.7 Å². The van der Waals surface area contributed by atoms with Crippen molar-refractivity contribution in [2.75, 3.05) is 14.2 Å². The molecule has 0 amide bonds. The molecular formula is C17H17FN2OS2. The van der Waals surface area contributed by atoms with Gasteiger partial charge < -0.3 is 4.74 Å². The van der Waals surface area contributed by atoms with Crippen LogP contribution in [0.25, 0.3) is 10.6 Å². The molecule has 3 nitrogen and oxygen atoms in total. The molecule has 120 valence electrons. The van der Waals surface area contributed by atoms with Gasteiger partial charge in [-0.1, -0.05) is 6.07 Å². The third-order valence-corrected chi connectivity index (χ3v) is 5.04. The summed E-state index contributed by atoms with van der Waals surface area (Å²) >= 11 is 3.33. The van der Waals surface area contributed by atoms with Gasteiger partial charge in [0.1, 0.15) is 5.01 Å². The van der Waals surface area contributed by atoms with Crippen molar-refractivity contribution in [2.45, 2.75) is 13.1 Å². The Balaban J connectivity index is 1.63. The summed E-state index contributed by atoms with van der Waals surface area (Å²) in [7, 11) is 3.48. The van der Waals surface area contributed by atoms with E-state index < -0.39 is 0 Å². The van der Waals surface area contributed by atoms with Gasteiger partial charge in [-0.2, -0.15) is 11.3 Å². The fourth-order valence-corrected chi connectivity index (χ4v) is 3.87. The van der Waals surface area contributed by atoms with Gasteiger partial charge in [-0.25, -0.2) is 9.37 Å². The predicted molar refractivity (Wildman–Crippen MR) is 93.6 cm³/mol. The van der Waals surface area contributed by atoms with E-state index in [2.05, 4.69) is 32.1 Å². The van der Waals surface area contributed by atoms with E-state index >= 15 is 0 Å². The highest BCUT2D eigenvalue weighted by atomic mass is 32.1. The molecule has 0 spiro atoms. The zero-order valence-corrected chi connectivity index (χ0v) is 14.6. The van der Waals surface area contributed by atoms with E-state index in [1.54, 1.807) is 28.7 Å². The second kappa shape index (κ2) is 7.21. The fourth-order valence-electron chi connectivity index (χ4n) is 2.35. The molecular weight excluding hydrogens is 331 g/mol. The minimum atomic E-state index is -0.327. The van der Waals surface area contributed by atoms with Crippen LogP contribution in [0.3, 0.4) is 0 Å². The molecule has 0 aliphatic carbocycles. The van der Waals surface area contributed by atoms with Crippen LogP contribution in [0.2, 0.25) is 0 Å². The summed E-state index contributed by atoms with van der Waals surface area (Å²) in [4.78, 5) is 6.79. The summed E-state index contributed by atoms with van der Waals surface area (Å²) in [6, 6.07) is 7.15. The van der Waals surface area contributed by atoms with Gasteiger partial charge in [0.15, 0.2) is 11.6 Å². The smallest absolute Gasteiger partial charge is 0.165 e. The molecule has 3 aromatic rings. The topological polar surface area (TPSA) is 25.4 Å². The number of nitrogens with zero attached hydrogens (tertiary/aromatic N) is 2. The first-order valence-electron chi connectivity index (χ1n) is 7.13. The van der Waals surface area contributed by atoms with Crippen molar-refractivity contribution in [3.63, 3.8) is 0 Å². The Bertz CT molecular complexity index is 771. The molecule has 0 saturated heterocycles. The molecule has 0 N–H and O–H groups in total. The molecule has 6 heteroatoms. The van der Waals surface area contributed by atoms with E-state index in [0.29, 0.717) is 6.54 Å². The van der Waals surface area contributed by atoms with Gasteiger partial charge in [-0.15, -0.1) is 11.3 Å². The first kappa shape index (κ1) is 16.1. The van der Waals surface area contributed by atoms with Gasteiger partial charge in [0.05, 0.1) is 12.8 Å². The Kier molecular flexibility index (Phi) is 5.05. The standard InChI is InChI=1S/C17H17FN2OS2/c1-20(8-12-3-4-16(21-2)15(18)7-12)9-14-11-23-17(19-14)13-5-6-22-10-13/h3-7,10-11H,8-9H2,1-2H3. The van der Waals surface area contributed by atoms with Crippen LogP contribution < -0.4 is 4.74 Å². The van der Waals surface area contributed by atoms with Crippen molar-refractivity contribution in [1.82, 2.24) is 9.88 Å². The summed E-state index contributed by atoms with van der Waals surface area (Å²) in [5.41, 5.74) is 3.12. The number of ether oxygens (including phenoxy) is 1. The van der Waals surface area contributed by atoms with Crippen LogP contribution in [0.1, 0.15) is 11.3 Å². The number of hydrogen-bond donors (Lipinski definition) is 0. The average molecular weight is 348 g/mol. The Labute approximate surface area is 143 Å². The summed E-state index contributed by atoms with van der Waals surface area (Å²) < 4.78 is 18.7. The third-order valence-electron chi connectivity index (χ3n) is 3.42. The van der Waals surface area contributed by atoms with Gasteiger partial charge in [0.2, 0.25) is 0 Å². The van der Waals surface area contributed by atoms with E-state index in [1.165, 1.54) is 18.7 Å². The maximum atomic E-state index is 13.7. The zero-order valence-electron chi connectivity index (χ0n) is 13.0. The van der Waals surface area contributed by atoms with Crippen LogP contribution in [0.4, 0.5) is 4.39 Å². The Hall–Kier alpha value is -1.76.